The van der Waals surface area contributed by atoms with E-state index in [2.05, 4.69) is 6.92 Å². The lowest BCUT2D eigenvalue weighted by Gasteiger charge is -2.38. The molecular weight excluding hydrogens is 334 g/mol. The molecule has 0 aromatic carbocycles. The van der Waals surface area contributed by atoms with Crippen molar-refractivity contribution in [1.82, 2.24) is 4.90 Å². The van der Waals surface area contributed by atoms with E-state index >= 15 is 0 Å². The molecule has 2 atom stereocenters. The molecule has 1 aliphatic heterocycles. The maximum absolute atomic E-state index is 13.7. The van der Waals surface area contributed by atoms with Crippen molar-refractivity contribution in [3.05, 3.63) is 0 Å². The molecule has 3 aliphatic rings. The number of likely N-dealkylation sites (tertiary alicyclic amines) is 1. The number of nitrogens with zero attached hydrogens (tertiary/aromatic N) is 1. The van der Waals surface area contributed by atoms with Crippen LogP contribution in [0.15, 0.2) is 0 Å². The average molecular weight is 376 g/mol. The fourth-order valence-electron chi connectivity index (χ4n) is 6.23. The molecule has 1 saturated heterocycles. The van der Waals surface area contributed by atoms with Crippen LogP contribution in [0.1, 0.15) is 116 Å². The molecule has 2 saturated carbocycles. The predicted octanol–water partition coefficient (Wildman–Crippen LogP) is 6.25. The molecule has 2 unspecified atom stereocenters. The van der Waals surface area contributed by atoms with Crippen LogP contribution in [0.4, 0.5) is 0 Å². The first-order valence-corrected chi connectivity index (χ1v) is 12.1. The van der Waals surface area contributed by atoms with Crippen LogP contribution >= 0.6 is 0 Å². The highest BCUT2D eigenvalue weighted by molar-refractivity contribution is 6.07. The quantitative estimate of drug-likeness (QED) is 0.285. The number of unbranched alkanes of at least 4 members (excludes halogenated alkanes) is 5. The van der Waals surface area contributed by atoms with Gasteiger partial charge in [0.1, 0.15) is 0 Å². The van der Waals surface area contributed by atoms with E-state index in [0.717, 1.165) is 38.5 Å². The van der Waals surface area contributed by atoms with Gasteiger partial charge < -0.3 is 0 Å². The molecule has 0 aromatic heterocycles. The SMILES string of the molecule is CCCCCCCCN1C(=O)C2CCCCCC2(C2CCCCCC2)C1=O. The van der Waals surface area contributed by atoms with Crippen molar-refractivity contribution in [2.45, 2.75) is 116 Å². The summed E-state index contributed by atoms with van der Waals surface area (Å²) in [6.07, 6.45) is 20.1. The summed E-state index contributed by atoms with van der Waals surface area (Å²) in [5, 5.41) is 0. The largest absolute Gasteiger partial charge is 0.282 e. The van der Waals surface area contributed by atoms with Gasteiger partial charge in [-0.05, 0) is 38.0 Å². The molecule has 3 fully saturated rings. The van der Waals surface area contributed by atoms with E-state index in [-0.39, 0.29) is 23.1 Å². The maximum Gasteiger partial charge on any atom is 0.236 e. The zero-order valence-corrected chi connectivity index (χ0v) is 17.6. The van der Waals surface area contributed by atoms with Gasteiger partial charge in [-0.25, -0.2) is 0 Å². The molecular formula is C24H41NO2. The van der Waals surface area contributed by atoms with Crippen LogP contribution < -0.4 is 0 Å². The van der Waals surface area contributed by atoms with E-state index in [1.807, 2.05) is 0 Å². The van der Waals surface area contributed by atoms with E-state index in [9.17, 15) is 9.59 Å². The van der Waals surface area contributed by atoms with Gasteiger partial charge in [0.05, 0.1) is 11.3 Å². The molecule has 0 radical (unpaired) electrons. The highest BCUT2D eigenvalue weighted by Crippen LogP contribution is 2.55. The molecule has 0 aromatic rings. The number of carbonyl (C=O) groups excluding carboxylic acids is 2. The van der Waals surface area contributed by atoms with Gasteiger partial charge >= 0.3 is 0 Å². The van der Waals surface area contributed by atoms with Crippen LogP contribution in [0.2, 0.25) is 0 Å². The molecule has 3 nitrogen and oxygen atoms in total. The molecule has 2 amide bonds. The van der Waals surface area contributed by atoms with Crippen LogP contribution in [-0.2, 0) is 9.59 Å². The molecule has 3 rings (SSSR count). The van der Waals surface area contributed by atoms with Crippen molar-refractivity contribution in [1.29, 1.82) is 0 Å². The van der Waals surface area contributed by atoms with Gasteiger partial charge in [0, 0.05) is 6.54 Å². The number of hydrogen-bond acceptors (Lipinski definition) is 2. The lowest BCUT2D eigenvalue weighted by molar-refractivity contribution is -0.143. The Hall–Kier alpha value is -0.860. The first kappa shape index (κ1) is 20.9. The third-order valence-electron chi connectivity index (χ3n) is 7.73. The average Bonchev–Trinajstić information content (AvgIpc) is 2.98. The number of imide groups is 1. The maximum atomic E-state index is 13.7. The lowest BCUT2D eigenvalue weighted by atomic mass is 9.62. The van der Waals surface area contributed by atoms with Gasteiger partial charge in [-0.3, -0.25) is 14.5 Å². The Labute approximate surface area is 166 Å². The Morgan fingerprint density at radius 2 is 1.44 bits per heavy atom. The summed E-state index contributed by atoms with van der Waals surface area (Å²) in [5.74, 6) is 0.879. The normalized spacial score (nSPS) is 30.3. The smallest absolute Gasteiger partial charge is 0.236 e. The second kappa shape index (κ2) is 10.1. The van der Waals surface area contributed by atoms with Crippen molar-refractivity contribution in [2.75, 3.05) is 6.54 Å². The molecule has 1 heterocycles. The van der Waals surface area contributed by atoms with Crippen molar-refractivity contribution in [3.8, 4) is 0 Å². The minimum absolute atomic E-state index is 0.00399. The van der Waals surface area contributed by atoms with Gasteiger partial charge in [0.2, 0.25) is 11.8 Å². The zero-order valence-electron chi connectivity index (χ0n) is 17.6. The molecule has 0 bridgehead atoms. The summed E-state index contributed by atoms with van der Waals surface area (Å²) in [4.78, 5) is 28.7. The summed E-state index contributed by atoms with van der Waals surface area (Å²) in [6, 6.07) is 0. The van der Waals surface area contributed by atoms with Crippen LogP contribution in [0, 0.1) is 17.3 Å². The molecule has 2 aliphatic carbocycles. The van der Waals surface area contributed by atoms with Crippen molar-refractivity contribution < 1.29 is 9.59 Å². The first-order valence-electron chi connectivity index (χ1n) is 12.1. The fourth-order valence-corrected chi connectivity index (χ4v) is 6.23. The first-order chi connectivity index (χ1) is 13.2. The van der Waals surface area contributed by atoms with Crippen LogP contribution in [0.5, 0.6) is 0 Å². The summed E-state index contributed by atoms with van der Waals surface area (Å²) in [7, 11) is 0. The minimum Gasteiger partial charge on any atom is -0.282 e. The van der Waals surface area contributed by atoms with Gasteiger partial charge in [-0.15, -0.1) is 0 Å². The standard InChI is InChI=1S/C24H41NO2/c1-2-3-4-5-8-14-19-25-22(26)21-17-12-9-13-18-24(21,23(25)27)20-15-10-6-7-11-16-20/h20-21H,2-19H2,1H3. The summed E-state index contributed by atoms with van der Waals surface area (Å²) in [5.41, 5.74) is -0.333. The fraction of sp³-hybridized carbons (Fsp3) is 0.917. The topological polar surface area (TPSA) is 37.4 Å². The van der Waals surface area contributed by atoms with Crippen LogP contribution in [0.3, 0.4) is 0 Å². The van der Waals surface area contributed by atoms with Gasteiger partial charge in [-0.1, -0.05) is 84.0 Å². The van der Waals surface area contributed by atoms with Crippen LogP contribution in [0.25, 0.3) is 0 Å². The highest BCUT2D eigenvalue weighted by Gasteiger charge is 2.61. The van der Waals surface area contributed by atoms with Crippen molar-refractivity contribution in [2.24, 2.45) is 17.3 Å². The van der Waals surface area contributed by atoms with Crippen molar-refractivity contribution in [3.63, 3.8) is 0 Å². The molecule has 27 heavy (non-hydrogen) atoms. The highest BCUT2D eigenvalue weighted by atomic mass is 16.2. The Morgan fingerprint density at radius 1 is 0.815 bits per heavy atom. The summed E-state index contributed by atoms with van der Waals surface area (Å²) < 4.78 is 0. The van der Waals surface area contributed by atoms with Crippen LogP contribution in [-0.4, -0.2) is 23.3 Å². The molecule has 0 N–H and O–H groups in total. The number of hydrogen-bond donors (Lipinski definition) is 0. The van der Waals surface area contributed by atoms with Gasteiger partial charge in [0.15, 0.2) is 0 Å². The Balaban J connectivity index is 1.71. The second-order valence-electron chi connectivity index (χ2n) is 9.44. The zero-order chi connectivity index (χ0) is 19.1. The summed E-state index contributed by atoms with van der Waals surface area (Å²) in [6.45, 7) is 2.91. The van der Waals surface area contributed by atoms with Crippen molar-refractivity contribution >= 4 is 11.8 Å². The number of amides is 2. The van der Waals surface area contributed by atoms with E-state index < -0.39 is 0 Å². The van der Waals surface area contributed by atoms with E-state index in [1.165, 1.54) is 70.6 Å². The van der Waals surface area contributed by atoms with E-state index in [4.69, 9.17) is 0 Å². The number of carbonyl (C=O) groups is 2. The Bertz CT molecular complexity index is 495. The monoisotopic (exact) mass is 375 g/mol. The third kappa shape index (κ3) is 4.43. The Morgan fingerprint density at radius 3 is 2.19 bits per heavy atom. The second-order valence-corrected chi connectivity index (χ2v) is 9.44. The van der Waals surface area contributed by atoms with E-state index in [1.54, 1.807) is 4.90 Å². The molecule has 154 valence electrons. The predicted molar refractivity (Wildman–Crippen MR) is 110 cm³/mol. The minimum atomic E-state index is -0.333. The molecule has 3 heteroatoms. The number of fused-ring (bicyclic) bond motifs is 1. The lowest BCUT2D eigenvalue weighted by Crippen LogP contribution is -2.42. The Kier molecular flexibility index (Phi) is 7.78. The number of rotatable bonds is 8. The third-order valence-corrected chi connectivity index (χ3v) is 7.73. The van der Waals surface area contributed by atoms with Gasteiger partial charge in [-0.2, -0.15) is 0 Å². The summed E-state index contributed by atoms with van der Waals surface area (Å²) >= 11 is 0. The van der Waals surface area contributed by atoms with Gasteiger partial charge in [0.25, 0.3) is 0 Å². The van der Waals surface area contributed by atoms with E-state index in [0.29, 0.717) is 12.5 Å². The molecule has 0 spiro atoms.